The number of aliphatic hydroxyl groups is 1. The van der Waals surface area contributed by atoms with Crippen LogP contribution in [0.2, 0.25) is 0 Å². The van der Waals surface area contributed by atoms with Crippen LogP contribution in [0.25, 0.3) is 10.9 Å². The molecular weight excluding hydrogens is 450 g/mol. The van der Waals surface area contributed by atoms with Crippen LogP contribution in [0.1, 0.15) is 43.5 Å². The molecule has 1 aromatic heterocycles. The lowest BCUT2D eigenvalue weighted by molar-refractivity contribution is 0.160. The lowest BCUT2D eigenvalue weighted by Crippen LogP contribution is -2.13. The minimum Gasteiger partial charge on any atom is -0.494 e. The molecule has 3 aromatic carbocycles. The minimum atomic E-state index is -3.68. The van der Waals surface area contributed by atoms with Gasteiger partial charge in [0, 0.05) is 22.8 Å². The molecule has 0 unspecified atom stereocenters. The first-order valence-electron chi connectivity index (χ1n) is 11.4. The summed E-state index contributed by atoms with van der Waals surface area (Å²) < 4.78 is 33.5. The van der Waals surface area contributed by atoms with Crippen LogP contribution in [0.3, 0.4) is 0 Å². The number of nitrogens with zero attached hydrogens (tertiary/aromatic N) is 1. The van der Waals surface area contributed by atoms with Crippen LogP contribution in [0.5, 0.6) is 5.75 Å². The molecule has 1 heterocycles. The van der Waals surface area contributed by atoms with Gasteiger partial charge < -0.3 is 9.84 Å². The monoisotopic (exact) mass is 479 g/mol. The predicted molar refractivity (Wildman–Crippen MR) is 133 cm³/mol. The second-order valence-electron chi connectivity index (χ2n) is 8.14. The number of fused-ring (bicyclic) bond motifs is 1. The van der Waals surface area contributed by atoms with Crippen LogP contribution < -0.4 is 9.46 Å². The number of aromatic amines is 1. The lowest BCUT2D eigenvalue weighted by atomic mass is 10.0. The first-order chi connectivity index (χ1) is 16.5. The van der Waals surface area contributed by atoms with E-state index >= 15 is 0 Å². The fourth-order valence-corrected chi connectivity index (χ4v) is 4.90. The molecule has 0 fully saturated rings. The third kappa shape index (κ3) is 5.76. The second-order valence-corrected chi connectivity index (χ2v) is 9.82. The number of H-pyrrole nitrogens is 1. The maximum Gasteiger partial charge on any atom is 0.261 e. The average Bonchev–Trinajstić information content (AvgIpc) is 3.26. The molecule has 7 nitrogen and oxygen atoms in total. The van der Waals surface area contributed by atoms with Gasteiger partial charge >= 0.3 is 0 Å². The number of ether oxygens (including phenoxy) is 1. The number of sulfonamides is 1. The van der Waals surface area contributed by atoms with Crippen LogP contribution in [0.4, 0.5) is 5.69 Å². The molecule has 4 aromatic rings. The van der Waals surface area contributed by atoms with E-state index in [2.05, 4.69) is 21.8 Å². The van der Waals surface area contributed by atoms with Gasteiger partial charge in [0.15, 0.2) is 0 Å². The zero-order valence-corrected chi connectivity index (χ0v) is 19.9. The summed E-state index contributed by atoms with van der Waals surface area (Å²) in [5.74, 6) is 0.778. The topological polar surface area (TPSA) is 104 Å². The Labute approximate surface area is 199 Å². The van der Waals surface area contributed by atoms with Crippen molar-refractivity contribution in [3.05, 3.63) is 84.1 Å². The number of hydrogen-bond donors (Lipinski definition) is 3. The van der Waals surface area contributed by atoms with Gasteiger partial charge in [-0.05, 0) is 67.6 Å². The number of aromatic nitrogens is 2. The van der Waals surface area contributed by atoms with E-state index in [1.807, 2.05) is 18.2 Å². The van der Waals surface area contributed by atoms with E-state index in [0.29, 0.717) is 24.3 Å². The normalized spacial score (nSPS) is 12.5. The summed E-state index contributed by atoms with van der Waals surface area (Å²) in [6, 6.07) is 21.0. The Balaban J connectivity index is 1.26. The van der Waals surface area contributed by atoms with E-state index in [1.165, 1.54) is 0 Å². The van der Waals surface area contributed by atoms with Crippen molar-refractivity contribution in [2.75, 3.05) is 11.3 Å². The van der Waals surface area contributed by atoms with Crippen molar-refractivity contribution in [1.29, 1.82) is 0 Å². The maximum absolute atomic E-state index is 12.5. The van der Waals surface area contributed by atoms with Gasteiger partial charge in [-0.25, -0.2) is 8.42 Å². The molecule has 0 bridgehead atoms. The van der Waals surface area contributed by atoms with E-state index in [9.17, 15) is 13.5 Å². The number of nitrogens with one attached hydrogen (secondary N) is 2. The van der Waals surface area contributed by atoms with Gasteiger partial charge in [-0.1, -0.05) is 37.3 Å². The van der Waals surface area contributed by atoms with Gasteiger partial charge in [-0.2, -0.15) is 5.10 Å². The summed E-state index contributed by atoms with van der Waals surface area (Å²) in [5, 5.41) is 19.1. The zero-order chi connectivity index (χ0) is 24.0. The SMILES string of the molecule is CCc1[nH]nc2cc(OCCCC[C@H](O)c3cccc(NS(=O)(=O)c4ccccc4)c3)ccc12. The molecule has 3 N–H and O–H groups in total. The molecule has 0 radical (unpaired) electrons. The summed E-state index contributed by atoms with van der Waals surface area (Å²) in [5.41, 5.74) is 3.11. The number of rotatable bonds is 11. The smallest absolute Gasteiger partial charge is 0.261 e. The van der Waals surface area contributed by atoms with Crippen molar-refractivity contribution < 1.29 is 18.3 Å². The Morgan fingerprint density at radius 3 is 2.65 bits per heavy atom. The first-order valence-corrected chi connectivity index (χ1v) is 12.9. The Morgan fingerprint density at radius 2 is 1.85 bits per heavy atom. The minimum absolute atomic E-state index is 0.193. The Hall–Kier alpha value is -3.36. The molecule has 4 rings (SSSR count). The maximum atomic E-state index is 12.5. The summed E-state index contributed by atoms with van der Waals surface area (Å²) in [4.78, 5) is 0.193. The van der Waals surface area contributed by atoms with E-state index in [1.54, 1.807) is 54.6 Å². The molecule has 0 saturated heterocycles. The standard InChI is InChI=1S/C26H29N3O4S/c1-2-24-23-15-14-21(18-25(23)28-27-24)33-16-7-6-13-26(30)19-9-8-10-20(17-19)29-34(31,32)22-11-4-3-5-12-22/h3-5,8-12,14-15,17-18,26,29-30H,2,6-7,13,16H2,1H3,(H,27,28)/t26-/m0/s1. The third-order valence-corrected chi connectivity index (χ3v) is 7.07. The Bertz CT molecular complexity index is 1340. The summed E-state index contributed by atoms with van der Waals surface area (Å²) in [7, 11) is -3.68. The second kappa shape index (κ2) is 10.7. The summed E-state index contributed by atoms with van der Waals surface area (Å²) in [6.45, 7) is 2.63. The molecular formula is C26H29N3O4S. The Morgan fingerprint density at radius 1 is 1.03 bits per heavy atom. The van der Waals surface area contributed by atoms with Crippen molar-refractivity contribution in [2.45, 2.75) is 43.6 Å². The molecule has 0 aliphatic heterocycles. The van der Waals surface area contributed by atoms with Crippen molar-refractivity contribution in [2.24, 2.45) is 0 Å². The molecule has 178 valence electrons. The molecule has 34 heavy (non-hydrogen) atoms. The summed E-state index contributed by atoms with van der Waals surface area (Å²) in [6.07, 6.45) is 2.33. The molecule has 8 heteroatoms. The van der Waals surface area contributed by atoms with Gasteiger partial charge in [0.2, 0.25) is 0 Å². The zero-order valence-electron chi connectivity index (χ0n) is 19.1. The highest BCUT2D eigenvalue weighted by molar-refractivity contribution is 7.92. The Kier molecular flexibility index (Phi) is 7.49. The molecule has 0 aliphatic carbocycles. The van der Waals surface area contributed by atoms with E-state index in [-0.39, 0.29) is 4.90 Å². The largest absolute Gasteiger partial charge is 0.494 e. The van der Waals surface area contributed by atoms with Crippen LogP contribution in [0, 0.1) is 0 Å². The lowest BCUT2D eigenvalue weighted by Gasteiger charge is -2.14. The van der Waals surface area contributed by atoms with Gasteiger partial charge in [-0.3, -0.25) is 9.82 Å². The number of anilines is 1. The van der Waals surface area contributed by atoms with Crippen LogP contribution in [0.15, 0.2) is 77.7 Å². The summed E-state index contributed by atoms with van der Waals surface area (Å²) >= 11 is 0. The van der Waals surface area contributed by atoms with E-state index in [0.717, 1.165) is 41.6 Å². The van der Waals surface area contributed by atoms with E-state index in [4.69, 9.17) is 4.74 Å². The molecule has 0 aliphatic rings. The highest BCUT2D eigenvalue weighted by Crippen LogP contribution is 2.25. The quantitative estimate of drug-likeness (QED) is 0.256. The highest BCUT2D eigenvalue weighted by atomic mass is 32.2. The number of aryl methyl sites for hydroxylation is 1. The molecule has 0 saturated carbocycles. The third-order valence-electron chi connectivity index (χ3n) is 5.68. The predicted octanol–water partition coefficient (Wildman–Crippen LogP) is 5.21. The van der Waals surface area contributed by atoms with Gasteiger partial charge in [0.25, 0.3) is 10.0 Å². The fourth-order valence-electron chi connectivity index (χ4n) is 3.83. The van der Waals surface area contributed by atoms with Crippen LogP contribution in [-0.4, -0.2) is 30.3 Å². The van der Waals surface area contributed by atoms with Crippen molar-refractivity contribution in [1.82, 2.24) is 10.2 Å². The van der Waals surface area contributed by atoms with Gasteiger partial charge in [0.1, 0.15) is 5.75 Å². The number of benzene rings is 3. The van der Waals surface area contributed by atoms with E-state index < -0.39 is 16.1 Å². The van der Waals surface area contributed by atoms with Crippen LogP contribution >= 0.6 is 0 Å². The van der Waals surface area contributed by atoms with Gasteiger partial charge in [0.05, 0.1) is 23.1 Å². The number of hydrogen-bond acceptors (Lipinski definition) is 5. The molecule has 0 amide bonds. The fraction of sp³-hybridized carbons (Fsp3) is 0.269. The molecule has 1 atom stereocenters. The van der Waals surface area contributed by atoms with Crippen LogP contribution in [-0.2, 0) is 16.4 Å². The van der Waals surface area contributed by atoms with Crippen molar-refractivity contribution >= 4 is 26.6 Å². The number of aliphatic hydroxyl groups excluding tert-OH is 1. The molecule has 0 spiro atoms. The average molecular weight is 480 g/mol. The van der Waals surface area contributed by atoms with Gasteiger partial charge in [-0.15, -0.1) is 0 Å². The first kappa shape index (κ1) is 23.8. The van der Waals surface area contributed by atoms with Crippen molar-refractivity contribution in [3.8, 4) is 5.75 Å². The number of unbranched alkanes of at least 4 members (excludes halogenated alkanes) is 1. The highest BCUT2D eigenvalue weighted by Gasteiger charge is 2.15. The van der Waals surface area contributed by atoms with Crippen molar-refractivity contribution in [3.63, 3.8) is 0 Å².